The standard InChI is InChI=1S/C10H15N3O2/c11-8-6-9(12-7-8)10(14)13-2-1-4-15-5-3-13/h6-7,12H,1-5,11H2. The second kappa shape index (κ2) is 4.35. The summed E-state index contributed by atoms with van der Waals surface area (Å²) in [7, 11) is 0. The highest BCUT2D eigenvalue weighted by molar-refractivity contribution is 5.93. The molecule has 1 aromatic rings. The summed E-state index contributed by atoms with van der Waals surface area (Å²) in [6, 6.07) is 1.66. The normalized spacial score (nSPS) is 17.5. The first-order chi connectivity index (χ1) is 7.27. The van der Waals surface area contributed by atoms with Crippen LogP contribution in [-0.4, -0.2) is 42.1 Å². The van der Waals surface area contributed by atoms with E-state index in [1.807, 2.05) is 0 Å². The Morgan fingerprint density at radius 2 is 2.33 bits per heavy atom. The molecule has 82 valence electrons. The molecule has 0 unspecified atom stereocenters. The third-order valence-corrected chi connectivity index (χ3v) is 2.45. The summed E-state index contributed by atoms with van der Waals surface area (Å²) in [5, 5.41) is 0. The Kier molecular flexibility index (Phi) is 2.91. The molecule has 1 aliphatic heterocycles. The molecule has 0 radical (unpaired) electrons. The van der Waals surface area contributed by atoms with E-state index >= 15 is 0 Å². The van der Waals surface area contributed by atoms with Crippen molar-refractivity contribution in [2.45, 2.75) is 6.42 Å². The number of carbonyl (C=O) groups is 1. The van der Waals surface area contributed by atoms with Crippen LogP contribution in [0.25, 0.3) is 0 Å². The van der Waals surface area contributed by atoms with Gasteiger partial charge in [0, 0.05) is 31.6 Å². The Bertz CT molecular complexity index is 340. The van der Waals surface area contributed by atoms with Crippen LogP contribution < -0.4 is 5.73 Å². The molecule has 1 aromatic heterocycles. The average Bonchev–Trinajstić information content (AvgIpc) is 2.53. The fraction of sp³-hybridized carbons (Fsp3) is 0.500. The molecule has 5 heteroatoms. The Hall–Kier alpha value is -1.49. The summed E-state index contributed by atoms with van der Waals surface area (Å²) in [4.78, 5) is 16.6. The molecule has 0 bridgehead atoms. The van der Waals surface area contributed by atoms with Gasteiger partial charge in [-0.1, -0.05) is 0 Å². The van der Waals surface area contributed by atoms with E-state index in [4.69, 9.17) is 10.5 Å². The predicted molar refractivity (Wildman–Crippen MR) is 56.5 cm³/mol. The van der Waals surface area contributed by atoms with Gasteiger partial charge in [-0.05, 0) is 12.5 Å². The van der Waals surface area contributed by atoms with Crippen LogP contribution in [0.1, 0.15) is 16.9 Å². The number of nitrogens with one attached hydrogen (secondary N) is 1. The van der Waals surface area contributed by atoms with Crippen LogP contribution in [-0.2, 0) is 4.74 Å². The van der Waals surface area contributed by atoms with Gasteiger partial charge in [-0.3, -0.25) is 4.79 Å². The molecule has 0 aliphatic carbocycles. The number of H-pyrrole nitrogens is 1. The molecule has 0 spiro atoms. The molecule has 15 heavy (non-hydrogen) atoms. The number of nitrogens with zero attached hydrogens (tertiary/aromatic N) is 1. The maximum absolute atomic E-state index is 11.9. The summed E-state index contributed by atoms with van der Waals surface area (Å²) < 4.78 is 5.29. The van der Waals surface area contributed by atoms with Gasteiger partial charge in [0.25, 0.3) is 5.91 Å². The van der Waals surface area contributed by atoms with Crippen LogP contribution in [0.15, 0.2) is 12.3 Å². The number of nitrogens with two attached hydrogens (primary N) is 1. The number of anilines is 1. The minimum absolute atomic E-state index is 0.00259. The number of ether oxygens (including phenoxy) is 1. The molecule has 1 saturated heterocycles. The molecular weight excluding hydrogens is 194 g/mol. The first-order valence-electron chi connectivity index (χ1n) is 5.08. The van der Waals surface area contributed by atoms with Crippen LogP contribution >= 0.6 is 0 Å². The number of rotatable bonds is 1. The predicted octanol–water partition coefficient (Wildman–Crippen LogP) is 0.459. The maximum Gasteiger partial charge on any atom is 0.270 e. The monoisotopic (exact) mass is 209 g/mol. The summed E-state index contributed by atoms with van der Waals surface area (Å²) in [6.45, 7) is 2.74. The summed E-state index contributed by atoms with van der Waals surface area (Å²) in [5.74, 6) is -0.00259. The van der Waals surface area contributed by atoms with Crippen molar-refractivity contribution in [3.63, 3.8) is 0 Å². The minimum atomic E-state index is -0.00259. The molecule has 0 atom stereocenters. The van der Waals surface area contributed by atoms with Gasteiger partial charge in [0.15, 0.2) is 0 Å². The molecule has 1 aliphatic rings. The first kappa shape index (κ1) is 10.0. The van der Waals surface area contributed by atoms with Gasteiger partial charge < -0.3 is 20.4 Å². The van der Waals surface area contributed by atoms with Gasteiger partial charge >= 0.3 is 0 Å². The third-order valence-electron chi connectivity index (χ3n) is 2.45. The number of hydrogen-bond donors (Lipinski definition) is 2. The van der Waals surface area contributed by atoms with Crippen LogP contribution in [0.5, 0.6) is 0 Å². The maximum atomic E-state index is 11.9. The van der Waals surface area contributed by atoms with Crippen molar-refractivity contribution in [1.82, 2.24) is 9.88 Å². The summed E-state index contributed by atoms with van der Waals surface area (Å²) in [5.41, 5.74) is 6.69. The Morgan fingerprint density at radius 3 is 3.07 bits per heavy atom. The summed E-state index contributed by atoms with van der Waals surface area (Å²) in [6.07, 6.45) is 2.52. The third kappa shape index (κ3) is 2.30. The van der Waals surface area contributed by atoms with Crippen LogP contribution in [0, 0.1) is 0 Å². The van der Waals surface area contributed by atoms with Crippen LogP contribution in [0.4, 0.5) is 5.69 Å². The average molecular weight is 209 g/mol. The number of amides is 1. The Balaban J connectivity index is 2.06. The van der Waals surface area contributed by atoms with Gasteiger partial charge in [0.05, 0.1) is 6.61 Å². The highest BCUT2D eigenvalue weighted by Gasteiger charge is 2.18. The van der Waals surface area contributed by atoms with Crippen LogP contribution in [0.2, 0.25) is 0 Å². The molecule has 2 heterocycles. The fourth-order valence-electron chi connectivity index (χ4n) is 1.65. The highest BCUT2D eigenvalue weighted by atomic mass is 16.5. The van der Waals surface area contributed by atoms with Crippen molar-refractivity contribution in [1.29, 1.82) is 0 Å². The van der Waals surface area contributed by atoms with Crippen molar-refractivity contribution in [2.75, 3.05) is 32.0 Å². The fourth-order valence-corrected chi connectivity index (χ4v) is 1.65. The van der Waals surface area contributed by atoms with Gasteiger partial charge in [-0.15, -0.1) is 0 Å². The Morgan fingerprint density at radius 1 is 1.47 bits per heavy atom. The van der Waals surface area contributed by atoms with E-state index in [1.165, 1.54) is 0 Å². The topological polar surface area (TPSA) is 71.4 Å². The highest BCUT2D eigenvalue weighted by Crippen LogP contribution is 2.09. The van der Waals surface area contributed by atoms with Crippen molar-refractivity contribution >= 4 is 11.6 Å². The second-order valence-electron chi connectivity index (χ2n) is 3.60. The van der Waals surface area contributed by atoms with E-state index in [-0.39, 0.29) is 5.91 Å². The summed E-state index contributed by atoms with van der Waals surface area (Å²) >= 11 is 0. The molecule has 0 aromatic carbocycles. The lowest BCUT2D eigenvalue weighted by atomic mass is 10.3. The molecule has 1 amide bonds. The number of aromatic amines is 1. The Labute approximate surface area is 88.2 Å². The first-order valence-corrected chi connectivity index (χ1v) is 5.08. The minimum Gasteiger partial charge on any atom is -0.397 e. The quantitative estimate of drug-likeness (QED) is 0.705. The van der Waals surface area contributed by atoms with Gasteiger partial charge in [-0.25, -0.2) is 0 Å². The largest absolute Gasteiger partial charge is 0.397 e. The molecular formula is C10H15N3O2. The smallest absolute Gasteiger partial charge is 0.270 e. The zero-order valence-electron chi connectivity index (χ0n) is 8.53. The van der Waals surface area contributed by atoms with Crippen molar-refractivity contribution in [3.8, 4) is 0 Å². The lowest BCUT2D eigenvalue weighted by Gasteiger charge is -2.18. The van der Waals surface area contributed by atoms with Crippen LogP contribution in [0.3, 0.4) is 0 Å². The van der Waals surface area contributed by atoms with Crippen molar-refractivity contribution < 1.29 is 9.53 Å². The number of carbonyl (C=O) groups excluding carboxylic acids is 1. The van der Waals surface area contributed by atoms with Gasteiger partial charge in [0.2, 0.25) is 0 Å². The van der Waals surface area contributed by atoms with E-state index in [0.29, 0.717) is 24.5 Å². The molecule has 3 N–H and O–H groups in total. The lowest BCUT2D eigenvalue weighted by Crippen LogP contribution is -2.33. The molecule has 2 rings (SSSR count). The SMILES string of the molecule is Nc1c[nH]c(C(=O)N2CCCOCC2)c1. The van der Waals surface area contributed by atoms with E-state index in [9.17, 15) is 4.79 Å². The van der Waals surface area contributed by atoms with Gasteiger partial charge in [0.1, 0.15) is 5.69 Å². The molecule has 1 fully saturated rings. The zero-order valence-corrected chi connectivity index (χ0v) is 8.53. The van der Waals surface area contributed by atoms with E-state index in [0.717, 1.165) is 19.6 Å². The van der Waals surface area contributed by atoms with Crippen molar-refractivity contribution in [3.05, 3.63) is 18.0 Å². The molecule has 0 saturated carbocycles. The number of nitrogen functional groups attached to an aromatic ring is 1. The lowest BCUT2D eigenvalue weighted by molar-refractivity contribution is 0.0736. The zero-order chi connectivity index (χ0) is 10.7. The van der Waals surface area contributed by atoms with Crippen molar-refractivity contribution in [2.24, 2.45) is 0 Å². The second-order valence-corrected chi connectivity index (χ2v) is 3.60. The number of hydrogen-bond acceptors (Lipinski definition) is 3. The molecule has 5 nitrogen and oxygen atoms in total. The number of aromatic nitrogens is 1. The van der Waals surface area contributed by atoms with E-state index < -0.39 is 0 Å². The van der Waals surface area contributed by atoms with E-state index in [2.05, 4.69) is 4.98 Å². The van der Waals surface area contributed by atoms with Gasteiger partial charge in [-0.2, -0.15) is 0 Å². The van der Waals surface area contributed by atoms with E-state index in [1.54, 1.807) is 17.2 Å².